The van der Waals surface area contributed by atoms with Crippen molar-refractivity contribution < 1.29 is 23.5 Å². The van der Waals surface area contributed by atoms with Crippen molar-refractivity contribution in [1.29, 1.82) is 0 Å². The fourth-order valence-corrected chi connectivity index (χ4v) is 7.31. The minimum atomic E-state index is -2.69. The van der Waals surface area contributed by atoms with E-state index in [2.05, 4.69) is 36.3 Å². The summed E-state index contributed by atoms with van der Waals surface area (Å²) in [7, 11) is 0. The number of aliphatic hydroxyl groups excluding tert-OH is 1. The molecule has 1 aliphatic carbocycles. The zero-order valence-electron chi connectivity index (χ0n) is 23.0. The molecule has 43 heavy (non-hydrogen) atoms. The molecule has 0 radical (unpaired) electrons. The van der Waals surface area contributed by atoms with Gasteiger partial charge in [-0.05, 0) is 37.0 Å². The van der Waals surface area contributed by atoms with Gasteiger partial charge in [0, 0.05) is 11.8 Å². The summed E-state index contributed by atoms with van der Waals surface area (Å²) >= 11 is 2.78. The normalized spacial score (nSPS) is 23.5. The van der Waals surface area contributed by atoms with Gasteiger partial charge in [0.2, 0.25) is 11.0 Å². The van der Waals surface area contributed by atoms with Crippen LogP contribution in [0.1, 0.15) is 54.0 Å². The second-order valence-electron chi connectivity index (χ2n) is 10.8. The number of aromatic nitrogens is 3. The maximum Gasteiger partial charge on any atom is 0.282 e. The van der Waals surface area contributed by atoms with E-state index in [4.69, 9.17) is 0 Å². The third-order valence-corrected chi connectivity index (χ3v) is 9.66. The van der Waals surface area contributed by atoms with Crippen molar-refractivity contribution in [2.45, 2.75) is 55.5 Å². The number of hydrazone groups is 1. The topological polar surface area (TPSA) is 145 Å². The Morgan fingerprint density at radius 3 is 2.67 bits per heavy atom. The van der Waals surface area contributed by atoms with E-state index in [1.807, 2.05) is 6.07 Å². The summed E-state index contributed by atoms with van der Waals surface area (Å²) in [6.07, 6.45) is 2.42. The summed E-state index contributed by atoms with van der Waals surface area (Å²) in [5.74, 6) is -2.72. The number of aliphatic hydroxyl groups is 1. The van der Waals surface area contributed by atoms with Crippen LogP contribution in [-0.2, 0) is 16.0 Å². The van der Waals surface area contributed by atoms with Crippen molar-refractivity contribution in [1.82, 2.24) is 25.9 Å². The molecule has 226 valence electrons. The first-order chi connectivity index (χ1) is 20.7. The molecular formula is C28H30F2N8O3S2. The van der Waals surface area contributed by atoms with Gasteiger partial charge in [-0.25, -0.2) is 13.8 Å². The number of carbonyl (C=O) groups excluding carboxylic acids is 2. The quantitative estimate of drug-likeness (QED) is 0.279. The standard InChI is InChI=1S/C28H30F2N8O3S2/c29-28(30)14-38(15-28)20-11-5-10-19(31-20)13-21(39)32-26-36-34-24(42-26)17-8-4-9-18(12-17)25-35-37-27(43-25)33-23(41)22(40)16-6-2-1-3-7-16/h1-3,5-7,10-11,17-18,22,26,36,40H,4,8-9,12-15H2,(H,32,39)(H,33,37,41). The second-order valence-corrected chi connectivity index (χ2v) is 13.0. The third-order valence-electron chi connectivity index (χ3n) is 7.53. The monoisotopic (exact) mass is 628 g/mol. The number of rotatable bonds is 9. The Kier molecular flexibility index (Phi) is 8.54. The van der Waals surface area contributed by atoms with E-state index in [0.717, 1.165) is 35.7 Å². The lowest BCUT2D eigenvalue weighted by Gasteiger charge is -2.39. The number of benzene rings is 1. The van der Waals surface area contributed by atoms with Gasteiger partial charge in [0.25, 0.3) is 11.8 Å². The average molecular weight is 629 g/mol. The molecule has 2 amide bonds. The molecule has 4 N–H and O–H groups in total. The first-order valence-corrected chi connectivity index (χ1v) is 15.7. The average Bonchev–Trinajstić information content (AvgIpc) is 3.66. The molecular weight excluding hydrogens is 598 g/mol. The van der Waals surface area contributed by atoms with Crippen LogP contribution >= 0.6 is 23.1 Å². The number of nitrogens with zero attached hydrogens (tertiary/aromatic N) is 5. The van der Waals surface area contributed by atoms with Crippen LogP contribution in [0.3, 0.4) is 0 Å². The smallest absolute Gasteiger partial charge is 0.282 e. The number of amides is 2. The van der Waals surface area contributed by atoms with Crippen molar-refractivity contribution in [2.75, 3.05) is 23.3 Å². The minimum Gasteiger partial charge on any atom is -0.378 e. The Morgan fingerprint density at radius 1 is 1.09 bits per heavy atom. The summed E-state index contributed by atoms with van der Waals surface area (Å²) < 4.78 is 26.4. The first kappa shape index (κ1) is 29.4. The van der Waals surface area contributed by atoms with Crippen molar-refractivity contribution in [2.24, 2.45) is 11.0 Å². The van der Waals surface area contributed by atoms with E-state index in [0.29, 0.717) is 22.2 Å². The molecule has 3 aromatic rings. The predicted molar refractivity (Wildman–Crippen MR) is 160 cm³/mol. The van der Waals surface area contributed by atoms with Crippen LogP contribution in [-0.4, -0.2) is 61.7 Å². The summed E-state index contributed by atoms with van der Waals surface area (Å²) in [4.78, 5) is 31.1. The number of hydrogen-bond donors (Lipinski definition) is 4. The summed E-state index contributed by atoms with van der Waals surface area (Å²) in [6.45, 7) is -0.730. The number of halogens is 2. The van der Waals surface area contributed by atoms with Crippen molar-refractivity contribution in [3.8, 4) is 0 Å². The van der Waals surface area contributed by atoms with Crippen LogP contribution in [0.25, 0.3) is 0 Å². The number of pyridine rings is 1. The molecule has 0 bridgehead atoms. The SMILES string of the molecule is O=C(Cc1cccc(N2CC(F)(F)C2)n1)NC1NN=C(C2CCCC(c3nnc(NC(=O)C(O)c4ccccc4)s3)C2)S1. The Balaban J connectivity index is 0.977. The van der Waals surface area contributed by atoms with Gasteiger partial charge >= 0.3 is 0 Å². The van der Waals surface area contributed by atoms with Crippen LogP contribution < -0.4 is 21.0 Å². The van der Waals surface area contributed by atoms with Crippen molar-refractivity contribution in [3.05, 3.63) is 64.8 Å². The van der Waals surface area contributed by atoms with Crippen LogP contribution in [0.4, 0.5) is 19.7 Å². The lowest BCUT2D eigenvalue weighted by molar-refractivity contribution is -0.124. The molecule has 4 atom stereocenters. The Hall–Kier alpha value is -3.69. The molecule has 3 aliphatic rings. The fourth-order valence-electron chi connectivity index (χ4n) is 5.37. The van der Waals surface area contributed by atoms with E-state index in [-0.39, 0.29) is 37.3 Å². The summed E-state index contributed by atoms with van der Waals surface area (Å²) in [5, 5.41) is 30.9. The molecule has 4 heterocycles. The van der Waals surface area contributed by atoms with E-state index < -0.39 is 23.4 Å². The molecule has 11 nitrogen and oxygen atoms in total. The number of carbonyl (C=O) groups is 2. The van der Waals surface area contributed by atoms with E-state index >= 15 is 0 Å². The Labute approximate surface area is 254 Å². The molecule has 15 heteroatoms. The highest BCUT2D eigenvalue weighted by Gasteiger charge is 2.44. The van der Waals surface area contributed by atoms with Gasteiger partial charge in [-0.15, -0.1) is 10.2 Å². The van der Waals surface area contributed by atoms with Crippen molar-refractivity contribution >= 4 is 50.9 Å². The molecule has 1 aromatic carbocycles. The minimum absolute atomic E-state index is 0.0238. The van der Waals surface area contributed by atoms with Crippen molar-refractivity contribution in [3.63, 3.8) is 0 Å². The Bertz CT molecular complexity index is 1500. The highest BCUT2D eigenvalue weighted by atomic mass is 32.2. The number of alkyl halides is 2. The van der Waals surface area contributed by atoms with E-state index in [1.54, 1.807) is 42.5 Å². The summed E-state index contributed by atoms with van der Waals surface area (Å²) in [5.41, 5.74) is 3.58. The van der Waals surface area contributed by atoms with Gasteiger partial charge in [0.1, 0.15) is 15.9 Å². The van der Waals surface area contributed by atoms with Crippen LogP contribution in [0.2, 0.25) is 0 Å². The molecule has 1 saturated heterocycles. The van der Waals surface area contributed by atoms with Gasteiger partial charge in [0.15, 0.2) is 11.6 Å². The molecule has 0 spiro atoms. The van der Waals surface area contributed by atoms with Gasteiger partial charge < -0.3 is 15.3 Å². The van der Waals surface area contributed by atoms with Gasteiger partial charge in [0.05, 0.1) is 25.2 Å². The molecule has 6 rings (SSSR count). The number of thioether (sulfide) groups is 1. The highest BCUT2D eigenvalue weighted by molar-refractivity contribution is 8.14. The van der Waals surface area contributed by atoms with Gasteiger partial charge in [-0.3, -0.25) is 20.3 Å². The predicted octanol–water partition coefficient (Wildman–Crippen LogP) is 3.63. The zero-order chi connectivity index (χ0) is 30.0. The number of anilines is 2. The first-order valence-electron chi connectivity index (χ1n) is 14.0. The van der Waals surface area contributed by atoms with Gasteiger partial charge in [-0.1, -0.05) is 65.9 Å². The van der Waals surface area contributed by atoms with Crippen LogP contribution in [0, 0.1) is 5.92 Å². The zero-order valence-corrected chi connectivity index (χ0v) is 24.6. The highest BCUT2D eigenvalue weighted by Crippen LogP contribution is 2.41. The van der Waals surface area contributed by atoms with E-state index in [1.165, 1.54) is 28.0 Å². The van der Waals surface area contributed by atoms with Crippen LogP contribution in [0.5, 0.6) is 0 Å². The number of nitrogens with one attached hydrogen (secondary N) is 3. The lowest BCUT2D eigenvalue weighted by Crippen LogP contribution is -2.56. The molecule has 2 fully saturated rings. The number of hydrogen-bond acceptors (Lipinski definition) is 11. The maximum absolute atomic E-state index is 13.2. The molecule has 1 saturated carbocycles. The second kappa shape index (κ2) is 12.5. The summed E-state index contributed by atoms with van der Waals surface area (Å²) in [6, 6.07) is 13.8. The van der Waals surface area contributed by atoms with Gasteiger partial charge in [-0.2, -0.15) is 5.10 Å². The fraction of sp³-hybridized carbons (Fsp3) is 0.429. The molecule has 2 aromatic heterocycles. The molecule has 2 aliphatic heterocycles. The largest absolute Gasteiger partial charge is 0.378 e. The van der Waals surface area contributed by atoms with Crippen LogP contribution in [0.15, 0.2) is 53.6 Å². The molecule has 4 unspecified atom stereocenters. The third kappa shape index (κ3) is 7.11. The Morgan fingerprint density at radius 2 is 1.88 bits per heavy atom. The maximum atomic E-state index is 13.2. The lowest BCUT2D eigenvalue weighted by atomic mass is 9.82. The van der Waals surface area contributed by atoms with E-state index in [9.17, 15) is 23.5 Å².